The van der Waals surface area contributed by atoms with E-state index < -0.39 is 0 Å². The van der Waals surface area contributed by atoms with E-state index in [1.54, 1.807) is 17.5 Å². The van der Waals surface area contributed by atoms with Gasteiger partial charge in [0.25, 0.3) is 0 Å². The monoisotopic (exact) mass is 376 g/mol. The molecule has 0 atom stereocenters. The van der Waals surface area contributed by atoms with Crippen LogP contribution in [0.2, 0.25) is 0 Å². The first-order valence-electron chi connectivity index (χ1n) is 8.90. The fourth-order valence-corrected chi connectivity index (χ4v) is 4.13. The van der Waals surface area contributed by atoms with Gasteiger partial charge in [0.15, 0.2) is 5.82 Å². The Labute approximate surface area is 161 Å². The molecule has 3 heterocycles. The number of anilines is 1. The second-order valence-corrected chi connectivity index (χ2v) is 7.40. The van der Waals surface area contributed by atoms with Crippen LogP contribution in [0.3, 0.4) is 0 Å². The summed E-state index contributed by atoms with van der Waals surface area (Å²) in [4.78, 5) is 16.1. The first-order chi connectivity index (χ1) is 13.3. The summed E-state index contributed by atoms with van der Waals surface area (Å²) in [6, 6.07) is 16.0. The van der Waals surface area contributed by atoms with Crippen LogP contribution in [0.25, 0.3) is 32.9 Å². The maximum Gasteiger partial charge on any atom is 0.181 e. The Bertz CT molecular complexity index is 1050. The molecule has 1 aromatic carbocycles. The van der Waals surface area contributed by atoms with Gasteiger partial charge in [0.1, 0.15) is 16.3 Å². The van der Waals surface area contributed by atoms with Gasteiger partial charge >= 0.3 is 0 Å². The predicted molar refractivity (Wildman–Crippen MR) is 111 cm³/mol. The molecule has 6 heteroatoms. The van der Waals surface area contributed by atoms with Crippen LogP contribution in [-0.2, 0) is 0 Å². The summed E-state index contributed by atoms with van der Waals surface area (Å²) in [6.07, 6.45) is 2.41. The van der Waals surface area contributed by atoms with E-state index in [2.05, 4.69) is 29.4 Å². The van der Waals surface area contributed by atoms with E-state index in [1.165, 1.54) is 4.88 Å². The largest absolute Gasteiger partial charge is 0.396 e. The Kier molecular flexibility index (Phi) is 5.09. The van der Waals surface area contributed by atoms with Crippen LogP contribution < -0.4 is 5.32 Å². The van der Waals surface area contributed by atoms with Crippen molar-refractivity contribution in [2.75, 3.05) is 18.5 Å². The maximum atomic E-state index is 9.15. The van der Waals surface area contributed by atoms with Gasteiger partial charge in [0.05, 0.1) is 5.39 Å². The van der Waals surface area contributed by atoms with Crippen molar-refractivity contribution in [2.24, 2.45) is 0 Å². The zero-order chi connectivity index (χ0) is 18.6. The lowest BCUT2D eigenvalue weighted by Crippen LogP contribution is -2.07. The molecular weight excluding hydrogens is 356 g/mol. The summed E-state index contributed by atoms with van der Waals surface area (Å²) in [5.41, 5.74) is 3.06. The first kappa shape index (κ1) is 17.6. The fraction of sp³-hybridized carbons (Fsp3) is 0.190. The summed E-state index contributed by atoms with van der Waals surface area (Å²) in [5, 5.41) is 13.6. The van der Waals surface area contributed by atoms with Gasteiger partial charge in [-0.1, -0.05) is 36.4 Å². The molecule has 0 aliphatic carbocycles. The second kappa shape index (κ2) is 7.82. The van der Waals surface area contributed by atoms with Crippen molar-refractivity contribution in [3.8, 4) is 22.6 Å². The van der Waals surface area contributed by atoms with E-state index >= 15 is 0 Å². The van der Waals surface area contributed by atoms with Gasteiger partial charge in [0.2, 0.25) is 0 Å². The molecule has 0 bridgehead atoms. The van der Waals surface area contributed by atoms with Crippen molar-refractivity contribution in [1.82, 2.24) is 15.0 Å². The van der Waals surface area contributed by atoms with Gasteiger partial charge in [-0.25, -0.2) is 9.97 Å². The highest BCUT2D eigenvalue weighted by Gasteiger charge is 2.19. The number of hydrogen-bond acceptors (Lipinski definition) is 6. The Morgan fingerprint density at radius 2 is 1.85 bits per heavy atom. The van der Waals surface area contributed by atoms with E-state index in [0.717, 1.165) is 32.9 Å². The van der Waals surface area contributed by atoms with Gasteiger partial charge in [-0.2, -0.15) is 0 Å². The molecule has 0 radical (unpaired) electrons. The number of nitrogens with zero attached hydrogens (tertiary/aromatic N) is 3. The van der Waals surface area contributed by atoms with E-state index in [4.69, 9.17) is 15.1 Å². The number of thiophene rings is 1. The Morgan fingerprint density at radius 3 is 2.59 bits per heavy atom. The summed E-state index contributed by atoms with van der Waals surface area (Å²) < 4.78 is 0. The lowest BCUT2D eigenvalue weighted by molar-refractivity contribution is 0.292. The molecule has 4 rings (SSSR count). The van der Waals surface area contributed by atoms with Gasteiger partial charge in [-0.05, 0) is 31.0 Å². The van der Waals surface area contributed by atoms with Crippen LogP contribution in [0.15, 0.2) is 54.7 Å². The molecular formula is C21H20N4OS. The highest BCUT2D eigenvalue weighted by atomic mass is 32.1. The van der Waals surface area contributed by atoms with Crippen LogP contribution in [-0.4, -0.2) is 33.2 Å². The number of rotatable bonds is 6. The molecule has 0 aliphatic heterocycles. The minimum Gasteiger partial charge on any atom is -0.396 e. The average Bonchev–Trinajstić information content (AvgIpc) is 3.05. The van der Waals surface area contributed by atoms with E-state index in [9.17, 15) is 0 Å². The molecule has 5 nitrogen and oxygen atoms in total. The summed E-state index contributed by atoms with van der Waals surface area (Å²) in [5.74, 6) is 1.40. The highest BCUT2D eigenvalue weighted by molar-refractivity contribution is 7.19. The molecule has 27 heavy (non-hydrogen) atoms. The Balaban J connectivity index is 1.92. The molecule has 0 fully saturated rings. The predicted octanol–water partition coefficient (Wildman–Crippen LogP) is 4.52. The number of pyridine rings is 1. The molecule has 2 N–H and O–H groups in total. The smallest absolute Gasteiger partial charge is 0.181 e. The molecule has 4 aromatic rings. The third kappa shape index (κ3) is 3.54. The van der Waals surface area contributed by atoms with Gasteiger partial charge < -0.3 is 10.4 Å². The third-order valence-electron chi connectivity index (χ3n) is 4.31. The molecule has 136 valence electrons. The first-order valence-corrected chi connectivity index (χ1v) is 9.72. The van der Waals surface area contributed by atoms with Crippen molar-refractivity contribution >= 4 is 27.4 Å². The zero-order valence-electron chi connectivity index (χ0n) is 15.0. The van der Waals surface area contributed by atoms with Crippen molar-refractivity contribution in [2.45, 2.75) is 13.3 Å². The average molecular weight is 376 g/mol. The summed E-state index contributed by atoms with van der Waals surface area (Å²) in [7, 11) is 0. The number of nitrogens with one attached hydrogen (secondary N) is 1. The summed E-state index contributed by atoms with van der Waals surface area (Å²) in [6.45, 7) is 2.91. The SMILES string of the molecule is Cc1sc2nc(-c3ccccn3)nc(NCCCO)c2c1-c1ccccc1. The molecule has 0 aliphatic rings. The van der Waals surface area contributed by atoms with Crippen LogP contribution in [0, 0.1) is 6.92 Å². The van der Waals surface area contributed by atoms with Gasteiger partial charge in [-0.3, -0.25) is 4.98 Å². The van der Waals surface area contributed by atoms with E-state index in [-0.39, 0.29) is 6.61 Å². The van der Waals surface area contributed by atoms with Gasteiger partial charge in [0, 0.05) is 29.8 Å². The van der Waals surface area contributed by atoms with E-state index in [1.807, 2.05) is 36.4 Å². The van der Waals surface area contributed by atoms with Crippen LogP contribution in [0.1, 0.15) is 11.3 Å². The Morgan fingerprint density at radius 1 is 1.04 bits per heavy atom. The number of benzene rings is 1. The normalized spacial score (nSPS) is 11.0. The van der Waals surface area contributed by atoms with Crippen molar-refractivity contribution in [3.05, 3.63) is 59.6 Å². The standard InChI is InChI=1S/C21H20N4OS/c1-14-17(15-8-3-2-4-9-15)18-20(23-12-7-13-26)24-19(25-21(18)27-14)16-10-5-6-11-22-16/h2-6,8-11,26H,7,12-13H2,1H3,(H,23,24,25). The van der Waals surface area contributed by atoms with Crippen molar-refractivity contribution in [3.63, 3.8) is 0 Å². The third-order valence-corrected chi connectivity index (χ3v) is 5.31. The van der Waals surface area contributed by atoms with Crippen molar-refractivity contribution in [1.29, 1.82) is 0 Å². The maximum absolute atomic E-state index is 9.15. The van der Waals surface area contributed by atoms with Crippen LogP contribution >= 0.6 is 11.3 Å². The highest BCUT2D eigenvalue weighted by Crippen LogP contribution is 2.41. The number of fused-ring (bicyclic) bond motifs is 1. The van der Waals surface area contributed by atoms with Crippen molar-refractivity contribution < 1.29 is 5.11 Å². The summed E-state index contributed by atoms with van der Waals surface area (Å²) >= 11 is 1.67. The lowest BCUT2D eigenvalue weighted by Gasteiger charge is -2.10. The number of aliphatic hydroxyl groups is 1. The lowest BCUT2D eigenvalue weighted by atomic mass is 10.0. The fourth-order valence-electron chi connectivity index (χ4n) is 3.09. The molecule has 0 saturated carbocycles. The zero-order valence-corrected chi connectivity index (χ0v) is 15.8. The Hall–Kier alpha value is -2.83. The quantitative estimate of drug-likeness (QED) is 0.484. The number of aliphatic hydroxyl groups excluding tert-OH is 1. The number of hydrogen-bond donors (Lipinski definition) is 2. The van der Waals surface area contributed by atoms with Crippen LogP contribution in [0.5, 0.6) is 0 Å². The molecule has 0 amide bonds. The molecule has 0 unspecified atom stereocenters. The minimum absolute atomic E-state index is 0.141. The number of aryl methyl sites for hydroxylation is 1. The molecule has 0 saturated heterocycles. The second-order valence-electron chi connectivity index (χ2n) is 6.19. The topological polar surface area (TPSA) is 70.9 Å². The van der Waals surface area contributed by atoms with E-state index in [0.29, 0.717) is 18.8 Å². The minimum atomic E-state index is 0.141. The van der Waals surface area contributed by atoms with Gasteiger partial charge in [-0.15, -0.1) is 11.3 Å². The molecule has 3 aromatic heterocycles. The van der Waals surface area contributed by atoms with Crippen LogP contribution in [0.4, 0.5) is 5.82 Å². The molecule has 0 spiro atoms. The number of aromatic nitrogens is 3.